The fraction of sp³-hybridized carbons (Fsp3) is 1.00. The first kappa shape index (κ1) is 12.3. The third-order valence-corrected chi connectivity index (χ3v) is 2.96. The molecule has 0 aliphatic heterocycles. The molecule has 0 atom stereocenters. The van der Waals surface area contributed by atoms with Crippen LogP contribution < -0.4 is 5.32 Å². The molecule has 1 N–H and O–H groups in total. The maximum atomic E-state index is 3.56. The van der Waals surface area contributed by atoms with Crippen LogP contribution in [0.4, 0.5) is 0 Å². The molecule has 0 saturated heterocycles. The molecule has 0 radical (unpaired) electrons. The van der Waals surface area contributed by atoms with Gasteiger partial charge in [0.25, 0.3) is 0 Å². The maximum absolute atomic E-state index is 3.56. The van der Waals surface area contributed by atoms with Gasteiger partial charge < -0.3 is 5.32 Å². The van der Waals surface area contributed by atoms with Crippen molar-refractivity contribution in [1.29, 1.82) is 0 Å². The van der Waals surface area contributed by atoms with Crippen LogP contribution in [-0.4, -0.2) is 24.1 Å². The van der Waals surface area contributed by atoms with Crippen LogP contribution in [0.15, 0.2) is 0 Å². The van der Waals surface area contributed by atoms with Crippen molar-refractivity contribution in [2.45, 2.75) is 45.6 Å². The Bertz CT molecular complexity index is 102. The molecule has 0 bridgehead atoms. The number of hydrogen-bond acceptors (Lipinski definition) is 2. The van der Waals surface area contributed by atoms with Crippen LogP contribution >= 0.6 is 11.8 Å². The van der Waals surface area contributed by atoms with Crippen LogP contribution in [0.25, 0.3) is 0 Å². The van der Waals surface area contributed by atoms with E-state index in [9.17, 15) is 0 Å². The first-order valence-electron chi connectivity index (χ1n) is 4.86. The van der Waals surface area contributed by atoms with Gasteiger partial charge in [-0.1, -0.05) is 6.92 Å². The molecule has 0 aromatic heterocycles. The fourth-order valence-electron chi connectivity index (χ4n) is 0.923. The molecule has 0 unspecified atom stereocenters. The molecule has 0 aromatic rings. The van der Waals surface area contributed by atoms with Crippen LogP contribution in [0.5, 0.6) is 0 Å². The quantitative estimate of drug-likeness (QED) is 0.618. The SMILES string of the molecule is CCC(C)(C)NCCCCSC. The van der Waals surface area contributed by atoms with Gasteiger partial charge in [0.1, 0.15) is 0 Å². The van der Waals surface area contributed by atoms with E-state index in [0.717, 1.165) is 0 Å². The van der Waals surface area contributed by atoms with E-state index < -0.39 is 0 Å². The Morgan fingerprint density at radius 1 is 1.25 bits per heavy atom. The van der Waals surface area contributed by atoms with E-state index >= 15 is 0 Å². The molecule has 0 fully saturated rings. The zero-order chi connectivity index (χ0) is 9.45. The van der Waals surface area contributed by atoms with Crippen molar-refractivity contribution in [1.82, 2.24) is 5.32 Å². The summed E-state index contributed by atoms with van der Waals surface area (Å²) in [5.74, 6) is 1.30. The largest absolute Gasteiger partial charge is 0.312 e. The number of hydrogen-bond donors (Lipinski definition) is 1. The zero-order valence-corrected chi connectivity index (χ0v) is 9.76. The Hall–Kier alpha value is 0.310. The molecule has 1 nitrogen and oxygen atoms in total. The molecule has 0 aromatic carbocycles. The van der Waals surface area contributed by atoms with E-state index in [4.69, 9.17) is 0 Å². The Morgan fingerprint density at radius 2 is 1.92 bits per heavy atom. The van der Waals surface area contributed by atoms with Crippen molar-refractivity contribution in [3.05, 3.63) is 0 Å². The third kappa shape index (κ3) is 6.99. The van der Waals surface area contributed by atoms with Gasteiger partial charge in [0.2, 0.25) is 0 Å². The number of rotatable bonds is 7. The average Bonchev–Trinajstić information content (AvgIpc) is 2.04. The second kappa shape index (κ2) is 6.79. The predicted octanol–water partition coefficient (Wildman–Crippen LogP) is 2.91. The van der Waals surface area contributed by atoms with Gasteiger partial charge in [0, 0.05) is 5.54 Å². The van der Waals surface area contributed by atoms with E-state index in [0.29, 0.717) is 5.54 Å². The third-order valence-electron chi connectivity index (χ3n) is 2.26. The van der Waals surface area contributed by atoms with E-state index in [-0.39, 0.29) is 0 Å². The van der Waals surface area contributed by atoms with Crippen molar-refractivity contribution < 1.29 is 0 Å². The van der Waals surface area contributed by atoms with Crippen molar-refractivity contribution in [2.75, 3.05) is 18.6 Å². The van der Waals surface area contributed by atoms with Gasteiger partial charge in [-0.25, -0.2) is 0 Å². The van der Waals surface area contributed by atoms with Crippen molar-refractivity contribution in [2.24, 2.45) is 0 Å². The molecule has 0 rings (SSSR count). The van der Waals surface area contributed by atoms with Crippen molar-refractivity contribution in [3.8, 4) is 0 Å². The highest BCUT2D eigenvalue weighted by atomic mass is 32.2. The van der Waals surface area contributed by atoms with Crippen molar-refractivity contribution >= 4 is 11.8 Å². The second-order valence-corrected chi connectivity index (χ2v) is 4.85. The highest BCUT2D eigenvalue weighted by molar-refractivity contribution is 7.98. The van der Waals surface area contributed by atoms with Crippen LogP contribution in [0.1, 0.15) is 40.0 Å². The standard InChI is InChI=1S/C10H23NS/c1-5-10(2,3)11-8-6-7-9-12-4/h11H,5-9H2,1-4H3. The molecule has 0 amide bonds. The van der Waals surface area contributed by atoms with Crippen LogP contribution in [0.3, 0.4) is 0 Å². The lowest BCUT2D eigenvalue weighted by molar-refractivity contribution is 0.374. The predicted molar refractivity (Wildman–Crippen MR) is 60.0 cm³/mol. The monoisotopic (exact) mass is 189 g/mol. The van der Waals surface area contributed by atoms with Gasteiger partial charge in [-0.05, 0) is 51.7 Å². The first-order chi connectivity index (χ1) is 5.62. The zero-order valence-electron chi connectivity index (χ0n) is 8.94. The summed E-state index contributed by atoms with van der Waals surface area (Å²) in [7, 11) is 0. The smallest absolute Gasteiger partial charge is 0.0122 e. The summed E-state index contributed by atoms with van der Waals surface area (Å²) >= 11 is 1.94. The topological polar surface area (TPSA) is 12.0 Å². The van der Waals surface area contributed by atoms with E-state index in [1.54, 1.807) is 0 Å². The molecular weight excluding hydrogens is 166 g/mol. The minimum Gasteiger partial charge on any atom is -0.312 e. The lowest BCUT2D eigenvalue weighted by atomic mass is 10.0. The lowest BCUT2D eigenvalue weighted by Gasteiger charge is -2.24. The Kier molecular flexibility index (Phi) is 6.96. The maximum Gasteiger partial charge on any atom is 0.0122 e. The van der Waals surface area contributed by atoms with Gasteiger partial charge in [-0.15, -0.1) is 0 Å². The molecule has 12 heavy (non-hydrogen) atoms. The van der Waals surface area contributed by atoms with E-state index in [2.05, 4.69) is 32.3 Å². The highest BCUT2D eigenvalue weighted by Crippen LogP contribution is 2.07. The molecule has 0 aliphatic carbocycles. The molecule has 74 valence electrons. The highest BCUT2D eigenvalue weighted by Gasteiger charge is 2.11. The number of unbranched alkanes of at least 4 members (excludes halogenated alkanes) is 1. The average molecular weight is 189 g/mol. The summed E-state index contributed by atoms with van der Waals surface area (Å²) in [4.78, 5) is 0. The summed E-state index contributed by atoms with van der Waals surface area (Å²) in [5, 5.41) is 3.56. The summed E-state index contributed by atoms with van der Waals surface area (Å²) in [6.07, 6.45) is 6.02. The Labute approximate surface area is 81.7 Å². The molecule has 0 spiro atoms. The van der Waals surface area contributed by atoms with Gasteiger partial charge >= 0.3 is 0 Å². The van der Waals surface area contributed by atoms with E-state index in [1.807, 2.05) is 11.8 Å². The second-order valence-electron chi connectivity index (χ2n) is 3.86. The van der Waals surface area contributed by atoms with Gasteiger partial charge in [-0.3, -0.25) is 0 Å². The van der Waals surface area contributed by atoms with Crippen molar-refractivity contribution in [3.63, 3.8) is 0 Å². The fourth-order valence-corrected chi connectivity index (χ4v) is 1.42. The Balaban J connectivity index is 3.19. The number of nitrogens with one attached hydrogen (secondary N) is 1. The molecule has 2 heteroatoms. The van der Waals surface area contributed by atoms with Gasteiger partial charge in [0.15, 0.2) is 0 Å². The number of thioether (sulfide) groups is 1. The van der Waals surface area contributed by atoms with Crippen LogP contribution in [-0.2, 0) is 0 Å². The van der Waals surface area contributed by atoms with Crippen LogP contribution in [0, 0.1) is 0 Å². The molecular formula is C10H23NS. The normalized spacial score (nSPS) is 12.0. The summed E-state index contributed by atoms with van der Waals surface area (Å²) in [6.45, 7) is 7.93. The summed E-state index contributed by atoms with van der Waals surface area (Å²) in [5.41, 5.74) is 0.333. The Morgan fingerprint density at radius 3 is 2.42 bits per heavy atom. The first-order valence-corrected chi connectivity index (χ1v) is 6.25. The minimum absolute atomic E-state index is 0.333. The lowest BCUT2D eigenvalue weighted by Crippen LogP contribution is -2.38. The minimum atomic E-state index is 0.333. The van der Waals surface area contributed by atoms with Gasteiger partial charge in [0.05, 0.1) is 0 Å². The van der Waals surface area contributed by atoms with E-state index in [1.165, 1.54) is 31.6 Å². The van der Waals surface area contributed by atoms with Crippen LogP contribution in [0.2, 0.25) is 0 Å². The summed E-state index contributed by atoms with van der Waals surface area (Å²) in [6, 6.07) is 0. The molecule has 0 aliphatic rings. The van der Waals surface area contributed by atoms with Gasteiger partial charge in [-0.2, -0.15) is 11.8 Å². The summed E-state index contributed by atoms with van der Waals surface area (Å²) < 4.78 is 0. The molecule has 0 saturated carbocycles. The molecule has 0 heterocycles.